The Labute approximate surface area is 128 Å². The lowest BCUT2D eigenvalue weighted by molar-refractivity contribution is 0.0954. The van der Waals surface area contributed by atoms with Crippen molar-refractivity contribution < 1.29 is 4.79 Å². The highest BCUT2D eigenvalue weighted by Crippen LogP contribution is 2.16. The van der Waals surface area contributed by atoms with Crippen LogP contribution in [0, 0.1) is 6.92 Å². The van der Waals surface area contributed by atoms with Crippen molar-refractivity contribution in [1.82, 2.24) is 25.1 Å². The second-order valence-electron chi connectivity index (χ2n) is 5.17. The number of nitrogens with zero attached hydrogens (tertiary/aromatic N) is 4. The van der Waals surface area contributed by atoms with Crippen LogP contribution in [-0.4, -0.2) is 32.2 Å². The van der Waals surface area contributed by atoms with Crippen LogP contribution in [0.15, 0.2) is 36.8 Å². The van der Waals surface area contributed by atoms with Crippen molar-refractivity contribution in [3.05, 3.63) is 53.6 Å². The van der Waals surface area contributed by atoms with Crippen molar-refractivity contribution in [2.45, 2.75) is 13.3 Å². The zero-order chi connectivity index (χ0) is 15.5. The largest absolute Gasteiger partial charge is 0.352 e. The maximum Gasteiger partial charge on any atom is 0.252 e. The van der Waals surface area contributed by atoms with Crippen LogP contribution >= 0.6 is 0 Å². The average Bonchev–Trinajstić information content (AvgIpc) is 2.82. The van der Waals surface area contributed by atoms with E-state index in [-0.39, 0.29) is 5.91 Å². The summed E-state index contributed by atoms with van der Waals surface area (Å²) in [6, 6.07) is 5.72. The number of rotatable bonds is 4. The minimum absolute atomic E-state index is 0.124. The number of nitrogens with one attached hydrogen (secondary N) is 1. The Morgan fingerprint density at radius 2 is 2.23 bits per heavy atom. The molecule has 0 aliphatic rings. The van der Waals surface area contributed by atoms with E-state index in [2.05, 4.69) is 20.4 Å². The quantitative estimate of drug-likeness (QED) is 0.794. The standard InChI is InChI=1S/C16H17N5O/c1-11-14-8-13(10-19-15(14)21(2)20-11)16(22)18-7-5-12-4-3-6-17-9-12/h3-4,6,8-10H,5,7H2,1-2H3,(H,18,22). The number of carbonyl (C=O) groups is 1. The van der Waals surface area contributed by atoms with Gasteiger partial charge in [0.2, 0.25) is 0 Å². The van der Waals surface area contributed by atoms with Gasteiger partial charge in [0.05, 0.1) is 11.3 Å². The molecule has 3 heterocycles. The predicted molar refractivity (Wildman–Crippen MR) is 83.5 cm³/mol. The number of fused-ring (bicyclic) bond motifs is 1. The van der Waals surface area contributed by atoms with Crippen molar-refractivity contribution in [3.8, 4) is 0 Å². The first-order valence-corrected chi connectivity index (χ1v) is 7.11. The second kappa shape index (κ2) is 5.93. The van der Waals surface area contributed by atoms with E-state index < -0.39 is 0 Å². The van der Waals surface area contributed by atoms with Gasteiger partial charge in [-0.25, -0.2) is 4.98 Å². The summed E-state index contributed by atoms with van der Waals surface area (Å²) >= 11 is 0. The van der Waals surface area contributed by atoms with E-state index >= 15 is 0 Å². The van der Waals surface area contributed by atoms with Crippen LogP contribution in [0.25, 0.3) is 11.0 Å². The number of aryl methyl sites for hydroxylation is 2. The van der Waals surface area contributed by atoms with Gasteiger partial charge < -0.3 is 5.32 Å². The van der Waals surface area contributed by atoms with E-state index in [4.69, 9.17) is 0 Å². The Bertz CT molecular complexity index is 810. The zero-order valence-corrected chi connectivity index (χ0v) is 12.6. The molecule has 0 saturated heterocycles. The average molecular weight is 295 g/mol. The molecule has 0 spiro atoms. The van der Waals surface area contributed by atoms with E-state index in [9.17, 15) is 4.79 Å². The molecule has 3 aromatic rings. The van der Waals surface area contributed by atoms with Crippen molar-refractivity contribution >= 4 is 16.9 Å². The summed E-state index contributed by atoms with van der Waals surface area (Å²) in [5, 5.41) is 8.12. The lowest BCUT2D eigenvalue weighted by atomic mass is 10.2. The van der Waals surface area contributed by atoms with Gasteiger partial charge in [-0.1, -0.05) is 6.07 Å². The molecule has 6 heteroatoms. The first-order chi connectivity index (χ1) is 10.6. The first kappa shape index (κ1) is 14.2. The topological polar surface area (TPSA) is 72.7 Å². The van der Waals surface area contributed by atoms with Gasteiger partial charge in [0.15, 0.2) is 5.65 Å². The van der Waals surface area contributed by atoms with Crippen LogP contribution in [0.5, 0.6) is 0 Å². The van der Waals surface area contributed by atoms with E-state index in [0.29, 0.717) is 12.1 Å². The lowest BCUT2D eigenvalue weighted by Gasteiger charge is -2.05. The van der Waals surface area contributed by atoms with Gasteiger partial charge in [0, 0.05) is 37.6 Å². The van der Waals surface area contributed by atoms with Crippen LogP contribution in [0.1, 0.15) is 21.6 Å². The smallest absolute Gasteiger partial charge is 0.252 e. The molecule has 3 rings (SSSR count). The minimum atomic E-state index is -0.124. The maximum absolute atomic E-state index is 12.2. The van der Waals surface area contributed by atoms with Crippen molar-refractivity contribution in [1.29, 1.82) is 0 Å². The summed E-state index contributed by atoms with van der Waals surface area (Å²) in [4.78, 5) is 20.6. The van der Waals surface area contributed by atoms with Gasteiger partial charge >= 0.3 is 0 Å². The van der Waals surface area contributed by atoms with Crippen LogP contribution in [0.4, 0.5) is 0 Å². The van der Waals surface area contributed by atoms with Crippen LogP contribution in [0.2, 0.25) is 0 Å². The van der Waals surface area contributed by atoms with Crippen LogP contribution in [-0.2, 0) is 13.5 Å². The highest BCUT2D eigenvalue weighted by molar-refractivity contribution is 5.97. The summed E-state index contributed by atoms with van der Waals surface area (Å²) in [5.74, 6) is -0.124. The minimum Gasteiger partial charge on any atom is -0.352 e. The first-order valence-electron chi connectivity index (χ1n) is 7.11. The SMILES string of the molecule is Cc1nn(C)c2ncc(C(=O)NCCc3cccnc3)cc12. The van der Waals surface area contributed by atoms with E-state index in [0.717, 1.165) is 28.7 Å². The molecule has 0 aliphatic carbocycles. The lowest BCUT2D eigenvalue weighted by Crippen LogP contribution is -2.25. The van der Waals surface area contributed by atoms with Gasteiger partial charge in [-0.2, -0.15) is 5.10 Å². The van der Waals surface area contributed by atoms with E-state index in [1.807, 2.05) is 32.2 Å². The molecule has 0 fully saturated rings. The van der Waals surface area contributed by atoms with Crippen molar-refractivity contribution in [2.75, 3.05) is 6.54 Å². The van der Waals surface area contributed by atoms with E-state index in [1.54, 1.807) is 23.3 Å². The number of hydrogen-bond donors (Lipinski definition) is 1. The van der Waals surface area contributed by atoms with Crippen molar-refractivity contribution in [3.63, 3.8) is 0 Å². The van der Waals surface area contributed by atoms with Gasteiger partial charge in [-0.15, -0.1) is 0 Å². The molecule has 0 aromatic carbocycles. The molecule has 0 atom stereocenters. The van der Waals surface area contributed by atoms with Gasteiger partial charge in [0.1, 0.15) is 0 Å². The fourth-order valence-corrected chi connectivity index (χ4v) is 2.40. The molecule has 6 nitrogen and oxygen atoms in total. The number of amides is 1. The maximum atomic E-state index is 12.2. The van der Waals surface area contributed by atoms with Gasteiger partial charge in [0.25, 0.3) is 5.91 Å². The molecule has 1 N–H and O–H groups in total. The number of aromatic nitrogens is 4. The summed E-state index contributed by atoms with van der Waals surface area (Å²) < 4.78 is 1.72. The molecule has 0 unspecified atom stereocenters. The fraction of sp³-hybridized carbons (Fsp3) is 0.250. The van der Waals surface area contributed by atoms with Gasteiger partial charge in [-0.3, -0.25) is 14.5 Å². The summed E-state index contributed by atoms with van der Waals surface area (Å²) in [6.07, 6.45) is 5.88. The Morgan fingerprint density at radius 1 is 1.36 bits per heavy atom. The molecule has 22 heavy (non-hydrogen) atoms. The normalized spacial score (nSPS) is 10.8. The Hall–Kier alpha value is -2.76. The second-order valence-corrected chi connectivity index (χ2v) is 5.17. The Morgan fingerprint density at radius 3 is 3.00 bits per heavy atom. The Kier molecular flexibility index (Phi) is 3.82. The summed E-state index contributed by atoms with van der Waals surface area (Å²) in [7, 11) is 1.84. The molecule has 3 aromatic heterocycles. The number of hydrogen-bond acceptors (Lipinski definition) is 4. The van der Waals surface area contributed by atoms with Crippen molar-refractivity contribution in [2.24, 2.45) is 7.05 Å². The molecule has 0 saturated carbocycles. The highest BCUT2D eigenvalue weighted by atomic mass is 16.1. The summed E-state index contributed by atoms with van der Waals surface area (Å²) in [6.45, 7) is 2.47. The number of pyridine rings is 2. The third-order valence-electron chi connectivity index (χ3n) is 3.55. The van der Waals surface area contributed by atoms with Crippen LogP contribution in [0.3, 0.4) is 0 Å². The predicted octanol–water partition coefficient (Wildman–Crippen LogP) is 1.64. The molecule has 1 amide bonds. The highest BCUT2D eigenvalue weighted by Gasteiger charge is 2.11. The molecule has 112 valence electrons. The third-order valence-corrected chi connectivity index (χ3v) is 3.55. The molecule has 0 bridgehead atoms. The molecular weight excluding hydrogens is 278 g/mol. The van der Waals surface area contributed by atoms with E-state index in [1.165, 1.54) is 0 Å². The van der Waals surface area contributed by atoms with Gasteiger partial charge in [-0.05, 0) is 31.0 Å². The third kappa shape index (κ3) is 2.81. The Balaban J connectivity index is 1.68. The number of carbonyl (C=O) groups excluding carboxylic acids is 1. The molecular formula is C16H17N5O. The molecule has 0 radical (unpaired) electrons. The summed E-state index contributed by atoms with van der Waals surface area (Å²) in [5.41, 5.74) is 3.30. The zero-order valence-electron chi connectivity index (χ0n) is 12.6. The van der Waals surface area contributed by atoms with Crippen LogP contribution < -0.4 is 5.32 Å². The monoisotopic (exact) mass is 295 g/mol. The fourth-order valence-electron chi connectivity index (χ4n) is 2.40. The molecule has 0 aliphatic heterocycles.